The van der Waals surface area contributed by atoms with Crippen molar-refractivity contribution in [2.45, 2.75) is 25.3 Å². The molecule has 5 nitrogen and oxygen atoms in total. The Labute approximate surface area is 141 Å². The highest BCUT2D eigenvalue weighted by Crippen LogP contribution is 2.29. The summed E-state index contributed by atoms with van der Waals surface area (Å²) < 4.78 is 0. The molecule has 1 fully saturated rings. The number of hydrogen-bond acceptors (Lipinski definition) is 4. The van der Waals surface area contributed by atoms with Gasteiger partial charge in [0.1, 0.15) is 5.94 Å². The normalized spacial score (nSPS) is 20.6. The number of amides is 1. The highest BCUT2D eigenvalue weighted by Gasteiger charge is 2.35. The summed E-state index contributed by atoms with van der Waals surface area (Å²) in [6.07, 6.45) is 7.63. The van der Waals surface area contributed by atoms with E-state index in [1.54, 1.807) is 23.2 Å². The number of aliphatic hydroxyl groups is 1. The van der Waals surface area contributed by atoms with Gasteiger partial charge in [-0.05, 0) is 31.1 Å². The third-order valence-corrected chi connectivity index (χ3v) is 4.40. The predicted octanol–water partition coefficient (Wildman–Crippen LogP) is 2.10. The summed E-state index contributed by atoms with van der Waals surface area (Å²) in [4.78, 5) is 24.5. The molecule has 0 aromatic heterocycles. The zero-order chi connectivity index (χ0) is 16.9. The van der Waals surface area contributed by atoms with Gasteiger partial charge < -0.3 is 5.11 Å². The van der Waals surface area contributed by atoms with Crippen molar-refractivity contribution >= 4 is 11.8 Å². The van der Waals surface area contributed by atoms with Crippen molar-refractivity contribution in [3.8, 4) is 0 Å². The van der Waals surface area contributed by atoms with Crippen LogP contribution in [0, 0.1) is 0 Å². The van der Waals surface area contributed by atoms with Gasteiger partial charge in [0.2, 0.25) is 0 Å². The maximum Gasteiger partial charge on any atom is 0.272 e. The Balaban J connectivity index is 2.04. The van der Waals surface area contributed by atoms with E-state index in [0.717, 1.165) is 12.8 Å². The van der Waals surface area contributed by atoms with Gasteiger partial charge in [0.05, 0.1) is 23.9 Å². The molecule has 1 aliphatic carbocycles. The number of aliphatic hydroxyl groups excluding tert-OH is 1. The van der Waals surface area contributed by atoms with Crippen LogP contribution in [0.1, 0.15) is 29.6 Å². The molecule has 1 aromatic rings. The molecule has 1 heterocycles. The average molecular weight is 324 g/mol. The summed E-state index contributed by atoms with van der Waals surface area (Å²) >= 11 is 0. The smallest absolute Gasteiger partial charge is 0.272 e. The summed E-state index contributed by atoms with van der Waals surface area (Å²) in [6.45, 7) is 0.638. The number of rotatable bonds is 4. The number of carbonyl (C=O) groups is 1. The second-order valence-electron chi connectivity index (χ2n) is 5.89. The molecule has 1 aromatic carbocycles. The molecule has 1 amide bonds. The van der Waals surface area contributed by atoms with Crippen LogP contribution in [0.4, 0.5) is 0 Å². The third kappa shape index (κ3) is 3.10. The molecule has 0 radical (unpaired) electrons. The lowest BCUT2D eigenvalue weighted by Crippen LogP contribution is -2.50. The molecule has 0 spiro atoms. The van der Waals surface area contributed by atoms with Crippen LogP contribution in [0.2, 0.25) is 0 Å². The van der Waals surface area contributed by atoms with Crippen molar-refractivity contribution in [3.05, 3.63) is 65.4 Å². The molecule has 124 valence electrons. The Morgan fingerprint density at radius 3 is 2.83 bits per heavy atom. The monoisotopic (exact) mass is 324 g/mol. The molecular weight excluding hydrogens is 304 g/mol. The minimum Gasteiger partial charge on any atom is -0.395 e. The lowest BCUT2D eigenvalue weighted by atomic mass is 10.0. The summed E-state index contributed by atoms with van der Waals surface area (Å²) in [5, 5.41) is 13.1. The van der Waals surface area contributed by atoms with Crippen molar-refractivity contribution in [1.82, 2.24) is 10.0 Å². The molecule has 2 aliphatic rings. The van der Waals surface area contributed by atoms with E-state index in [0.29, 0.717) is 29.8 Å². The van der Waals surface area contributed by atoms with Crippen molar-refractivity contribution in [2.24, 2.45) is 0 Å². The van der Waals surface area contributed by atoms with Crippen molar-refractivity contribution in [1.29, 1.82) is 0 Å². The molecule has 1 saturated heterocycles. The van der Waals surface area contributed by atoms with Gasteiger partial charge in [0.25, 0.3) is 5.91 Å². The fourth-order valence-electron chi connectivity index (χ4n) is 3.18. The van der Waals surface area contributed by atoms with Crippen molar-refractivity contribution < 1.29 is 14.7 Å². The third-order valence-electron chi connectivity index (χ3n) is 4.40. The minimum absolute atomic E-state index is 0.0260. The fourth-order valence-corrected chi connectivity index (χ4v) is 3.18. The zero-order valence-electron chi connectivity index (χ0n) is 13.4. The van der Waals surface area contributed by atoms with E-state index in [1.807, 2.05) is 41.3 Å². The molecule has 3 rings (SSSR count). The first-order valence-electron chi connectivity index (χ1n) is 8.14. The first kappa shape index (κ1) is 16.4. The molecule has 1 N–H and O–H groups in total. The summed E-state index contributed by atoms with van der Waals surface area (Å²) in [5.41, 5.74) is 1.54. The van der Waals surface area contributed by atoms with Gasteiger partial charge in [-0.3, -0.25) is 4.79 Å². The van der Waals surface area contributed by atoms with Crippen molar-refractivity contribution in [2.75, 3.05) is 13.2 Å². The van der Waals surface area contributed by atoms with Crippen molar-refractivity contribution in [3.63, 3.8) is 0 Å². The van der Waals surface area contributed by atoms with Gasteiger partial charge in [-0.2, -0.15) is 0 Å². The lowest BCUT2D eigenvalue weighted by molar-refractivity contribution is -0.00884. The Morgan fingerprint density at radius 1 is 1.33 bits per heavy atom. The standard InChI is InChI=1S/C19H20N2O3/c22-13-16-9-4-5-11-18(16)21(20-12-6-10-17(20)14-23)19(24)15-7-2-1-3-8-15/h1-5,7-8,11,17,23H,6,9-10,12,14H2. The first-order valence-corrected chi connectivity index (χ1v) is 8.14. The molecule has 0 saturated carbocycles. The van der Waals surface area contributed by atoms with E-state index in [1.165, 1.54) is 0 Å². The fraction of sp³-hybridized carbons (Fsp3) is 0.316. The van der Waals surface area contributed by atoms with Gasteiger partial charge in [-0.1, -0.05) is 30.4 Å². The van der Waals surface area contributed by atoms with Crippen LogP contribution in [-0.4, -0.2) is 46.2 Å². The van der Waals surface area contributed by atoms with E-state index >= 15 is 0 Å². The summed E-state index contributed by atoms with van der Waals surface area (Å²) in [5.74, 6) is 1.76. The second-order valence-corrected chi connectivity index (χ2v) is 5.89. The van der Waals surface area contributed by atoms with Gasteiger partial charge in [0, 0.05) is 18.5 Å². The highest BCUT2D eigenvalue weighted by molar-refractivity contribution is 5.96. The van der Waals surface area contributed by atoms with Crippen LogP contribution in [0.5, 0.6) is 0 Å². The van der Waals surface area contributed by atoms with Crippen LogP contribution < -0.4 is 0 Å². The molecule has 1 aliphatic heterocycles. The van der Waals surface area contributed by atoms with E-state index < -0.39 is 0 Å². The van der Waals surface area contributed by atoms with Gasteiger partial charge in [-0.15, -0.1) is 0 Å². The van der Waals surface area contributed by atoms with Gasteiger partial charge in [0.15, 0.2) is 0 Å². The number of hydrogen-bond donors (Lipinski definition) is 1. The molecule has 1 atom stereocenters. The Kier molecular flexibility index (Phi) is 5.06. The molecule has 5 heteroatoms. The van der Waals surface area contributed by atoms with Crippen LogP contribution in [0.15, 0.2) is 59.8 Å². The number of hydrazine groups is 1. The Hall–Kier alpha value is -2.46. The van der Waals surface area contributed by atoms with Crippen LogP contribution >= 0.6 is 0 Å². The van der Waals surface area contributed by atoms with E-state index in [-0.39, 0.29) is 18.6 Å². The Bertz CT molecular complexity index is 717. The minimum atomic E-state index is -0.203. The van der Waals surface area contributed by atoms with Crippen LogP contribution in [0.25, 0.3) is 0 Å². The van der Waals surface area contributed by atoms with E-state index in [9.17, 15) is 14.7 Å². The zero-order valence-corrected chi connectivity index (χ0v) is 13.4. The number of carbonyl (C=O) groups excluding carboxylic acids is 2. The molecular formula is C19H20N2O3. The van der Waals surface area contributed by atoms with E-state index in [4.69, 9.17) is 0 Å². The van der Waals surface area contributed by atoms with Gasteiger partial charge >= 0.3 is 0 Å². The molecule has 24 heavy (non-hydrogen) atoms. The lowest BCUT2D eigenvalue weighted by Gasteiger charge is -2.37. The average Bonchev–Trinajstić information content (AvgIpc) is 3.11. The number of allylic oxidation sites excluding steroid dienone is 4. The predicted molar refractivity (Wildman–Crippen MR) is 90.5 cm³/mol. The molecule has 1 unspecified atom stereocenters. The largest absolute Gasteiger partial charge is 0.395 e. The maximum atomic E-state index is 13.1. The second kappa shape index (κ2) is 7.41. The summed E-state index contributed by atoms with van der Waals surface area (Å²) in [6, 6.07) is 8.85. The SMILES string of the molecule is O=C=C1CC=CC=C1N(C(=O)c1ccccc1)N1CCCC1CO. The number of benzene rings is 1. The highest BCUT2D eigenvalue weighted by atomic mass is 16.3. The Morgan fingerprint density at radius 2 is 2.12 bits per heavy atom. The molecule has 0 bridgehead atoms. The maximum absolute atomic E-state index is 13.1. The summed E-state index contributed by atoms with van der Waals surface area (Å²) in [7, 11) is 0. The van der Waals surface area contributed by atoms with Crippen LogP contribution in [-0.2, 0) is 4.79 Å². The number of nitrogens with zero attached hydrogens (tertiary/aromatic N) is 2. The quantitative estimate of drug-likeness (QED) is 0.862. The van der Waals surface area contributed by atoms with E-state index in [2.05, 4.69) is 0 Å². The first-order chi connectivity index (χ1) is 11.8. The van der Waals surface area contributed by atoms with Gasteiger partial charge in [-0.25, -0.2) is 14.8 Å². The topological polar surface area (TPSA) is 60.9 Å². The van der Waals surface area contributed by atoms with Crippen LogP contribution in [0.3, 0.4) is 0 Å².